The fraction of sp³-hybridized carbons (Fsp3) is 0.208. The van der Waals surface area contributed by atoms with E-state index in [-0.39, 0.29) is 10.5 Å². The summed E-state index contributed by atoms with van der Waals surface area (Å²) < 4.78 is 52.8. The Kier molecular flexibility index (Phi) is 7.80. The molecule has 1 amide bonds. The molecule has 0 aromatic heterocycles. The van der Waals surface area contributed by atoms with E-state index < -0.39 is 28.6 Å². The molecule has 1 fully saturated rings. The highest BCUT2D eigenvalue weighted by molar-refractivity contribution is 7.97. The van der Waals surface area contributed by atoms with Gasteiger partial charge in [-0.2, -0.15) is 13.2 Å². The first-order valence-electron chi connectivity index (χ1n) is 10.7. The summed E-state index contributed by atoms with van der Waals surface area (Å²) in [4.78, 5) is 15.8. The number of piperazine rings is 1. The lowest BCUT2D eigenvalue weighted by molar-refractivity contribution is -0.137. The number of anilines is 2. The number of carbonyl (C=O) groups excluding carboxylic acids is 1. The number of nitrogens with zero attached hydrogens (tertiary/aromatic N) is 2. The van der Waals surface area contributed by atoms with Gasteiger partial charge in [-0.15, -0.1) is 0 Å². The summed E-state index contributed by atoms with van der Waals surface area (Å²) in [5.41, 5.74) is 0.778. The van der Waals surface area contributed by atoms with Gasteiger partial charge in [0.25, 0.3) is 5.91 Å². The lowest BCUT2D eigenvalue weighted by Crippen LogP contribution is -2.43. The minimum atomic E-state index is -4.36. The molecule has 3 aromatic rings. The number of benzene rings is 3. The maximum Gasteiger partial charge on any atom is 0.416 e. The number of halogens is 3. The van der Waals surface area contributed by atoms with E-state index in [9.17, 15) is 22.2 Å². The molecule has 0 radical (unpaired) electrons. The van der Waals surface area contributed by atoms with E-state index in [1.165, 1.54) is 12.1 Å². The van der Waals surface area contributed by atoms with Gasteiger partial charge >= 0.3 is 6.18 Å². The van der Waals surface area contributed by atoms with Crippen molar-refractivity contribution in [1.29, 1.82) is 0 Å². The third-order valence-electron chi connectivity index (χ3n) is 5.47. The molecule has 0 saturated carbocycles. The van der Waals surface area contributed by atoms with E-state index in [1.807, 2.05) is 17.0 Å². The van der Waals surface area contributed by atoms with Crippen molar-refractivity contribution in [2.75, 3.05) is 36.4 Å². The Morgan fingerprint density at radius 2 is 1.63 bits per heavy atom. The van der Waals surface area contributed by atoms with Gasteiger partial charge in [-0.05, 0) is 66.5 Å². The summed E-state index contributed by atoms with van der Waals surface area (Å²) in [7, 11) is -1.77. The van der Waals surface area contributed by atoms with Gasteiger partial charge in [0, 0.05) is 42.4 Å². The highest BCUT2D eigenvalue weighted by Crippen LogP contribution is 2.32. The molecule has 4 rings (SSSR count). The molecule has 184 valence electrons. The van der Waals surface area contributed by atoms with Crippen molar-refractivity contribution in [2.45, 2.75) is 16.0 Å². The molecule has 0 aliphatic carbocycles. The zero-order valence-electron chi connectivity index (χ0n) is 18.5. The average molecular weight is 521 g/mol. The Morgan fingerprint density at radius 3 is 2.29 bits per heavy atom. The highest BCUT2D eigenvalue weighted by Gasteiger charge is 2.31. The predicted octanol–water partition coefficient (Wildman–Crippen LogP) is 4.77. The van der Waals surface area contributed by atoms with Crippen molar-refractivity contribution in [3.8, 4) is 0 Å². The molecule has 11 heteroatoms. The van der Waals surface area contributed by atoms with Crippen molar-refractivity contribution in [3.05, 3.63) is 83.9 Å². The van der Waals surface area contributed by atoms with Gasteiger partial charge in [0.05, 0.1) is 16.0 Å². The summed E-state index contributed by atoms with van der Waals surface area (Å²) >= 11 is 1.56. The maximum atomic E-state index is 13.0. The van der Waals surface area contributed by atoms with Crippen LogP contribution in [0, 0.1) is 0 Å². The summed E-state index contributed by atoms with van der Waals surface area (Å²) in [6.45, 7) is 2.60. The molecule has 1 saturated heterocycles. The Bertz CT molecular complexity index is 1210. The number of nitrogens with two attached hydrogens (primary N) is 1. The first-order valence-corrected chi connectivity index (χ1v) is 12.7. The molecule has 1 atom stereocenters. The van der Waals surface area contributed by atoms with Crippen molar-refractivity contribution in [2.24, 2.45) is 5.14 Å². The van der Waals surface area contributed by atoms with Gasteiger partial charge in [-0.3, -0.25) is 4.79 Å². The molecule has 1 aliphatic rings. The fourth-order valence-electron chi connectivity index (χ4n) is 3.69. The quantitative estimate of drug-likeness (QED) is 0.458. The van der Waals surface area contributed by atoms with Crippen LogP contribution in [0.2, 0.25) is 0 Å². The second-order valence-corrected chi connectivity index (χ2v) is 10.0. The van der Waals surface area contributed by atoms with E-state index in [1.54, 1.807) is 54.4 Å². The van der Waals surface area contributed by atoms with Crippen molar-refractivity contribution in [3.63, 3.8) is 0 Å². The van der Waals surface area contributed by atoms with E-state index in [0.717, 1.165) is 11.0 Å². The minimum Gasteiger partial charge on any atom is -0.369 e. The number of rotatable bonds is 6. The molecule has 1 aliphatic heterocycles. The van der Waals surface area contributed by atoms with Crippen LogP contribution in [0.3, 0.4) is 0 Å². The van der Waals surface area contributed by atoms with Gasteiger partial charge in [0.2, 0.25) is 0 Å². The molecule has 35 heavy (non-hydrogen) atoms. The SMILES string of the molecule is NS(=O)c1ccccc1C(=O)Nc1ccc(SN2CCN(c3cccc(C(F)(F)F)c3)CC2)cc1. The third-order valence-corrected chi connectivity index (χ3v) is 7.37. The van der Waals surface area contributed by atoms with E-state index in [2.05, 4.69) is 9.62 Å². The first-order chi connectivity index (χ1) is 16.7. The Morgan fingerprint density at radius 1 is 0.943 bits per heavy atom. The van der Waals surface area contributed by atoms with Gasteiger partial charge in [-0.25, -0.2) is 13.7 Å². The van der Waals surface area contributed by atoms with Crippen LogP contribution in [0.4, 0.5) is 24.5 Å². The van der Waals surface area contributed by atoms with Crippen LogP contribution in [-0.2, 0) is 17.2 Å². The first kappa shape index (κ1) is 25.2. The largest absolute Gasteiger partial charge is 0.416 e. The van der Waals surface area contributed by atoms with Crippen LogP contribution in [0.1, 0.15) is 15.9 Å². The van der Waals surface area contributed by atoms with Gasteiger partial charge in [-0.1, -0.05) is 18.2 Å². The molecule has 3 N–H and O–H groups in total. The lowest BCUT2D eigenvalue weighted by Gasteiger charge is -2.35. The van der Waals surface area contributed by atoms with Gasteiger partial charge in [0.15, 0.2) is 0 Å². The zero-order chi connectivity index (χ0) is 25.0. The number of hydrogen-bond donors (Lipinski definition) is 2. The van der Waals surface area contributed by atoms with Crippen LogP contribution < -0.4 is 15.4 Å². The lowest BCUT2D eigenvalue weighted by atomic mass is 10.1. The summed E-state index contributed by atoms with van der Waals surface area (Å²) in [6, 6.07) is 19.2. The normalized spacial score (nSPS) is 15.6. The summed E-state index contributed by atoms with van der Waals surface area (Å²) in [5, 5.41) is 8.24. The zero-order valence-corrected chi connectivity index (χ0v) is 20.1. The molecular weight excluding hydrogens is 497 g/mol. The molecule has 0 bridgehead atoms. The van der Waals surface area contributed by atoms with Gasteiger partial charge in [0.1, 0.15) is 11.0 Å². The molecule has 6 nitrogen and oxygen atoms in total. The van der Waals surface area contributed by atoms with Crippen LogP contribution >= 0.6 is 11.9 Å². The second kappa shape index (κ2) is 10.8. The minimum absolute atomic E-state index is 0.255. The molecule has 1 unspecified atom stereocenters. The van der Waals surface area contributed by atoms with Crippen molar-refractivity contribution >= 4 is 40.2 Å². The summed E-state index contributed by atoms with van der Waals surface area (Å²) in [5.74, 6) is -0.398. The standard InChI is InChI=1S/C24H23F3N4O2S2/c25-24(26,27)17-4-3-5-19(16-17)30-12-14-31(15-13-30)34-20-10-8-18(9-11-20)29-23(32)21-6-1-2-7-22(21)35(28)33/h1-11,16H,12-15,28H2,(H,29,32). The molecular formula is C24H23F3N4O2S2. The monoisotopic (exact) mass is 520 g/mol. The summed E-state index contributed by atoms with van der Waals surface area (Å²) in [6.07, 6.45) is -4.36. The van der Waals surface area contributed by atoms with E-state index >= 15 is 0 Å². The van der Waals surface area contributed by atoms with Crippen LogP contribution in [0.5, 0.6) is 0 Å². The Balaban J connectivity index is 1.32. The number of amides is 1. The second-order valence-electron chi connectivity index (χ2n) is 7.83. The van der Waals surface area contributed by atoms with Crippen LogP contribution in [0.25, 0.3) is 0 Å². The number of alkyl halides is 3. The topological polar surface area (TPSA) is 78.7 Å². The Labute approximate surface area is 208 Å². The van der Waals surface area contributed by atoms with Crippen molar-refractivity contribution in [1.82, 2.24) is 4.31 Å². The molecule has 0 spiro atoms. The van der Waals surface area contributed by atoms with E-state index in [0.29, 0.717) is 37.6 Å². The average Bonchev–Trinajstić information content (AvgIpc) is 2.85. The molecule has 3 aromatic carbocycles. The number of nitrogens with one attached hydrogen (secondary N) is 1. The third kappa shape index (κ3) is 6.43. The maximum absolute atomic E-state index is 13.0. The fourth-order valence-corrected chi connectivity index (χ4v) is 5.18. The number of hydrogen-bond acceptors (Lipinski definition) is 5. The van der Waals surface area contributed by atoms with Crippen LogP contribution in [-0.4, -0.2) is 40.6 Å². The smallest absolute Gasteiger partial charge is 0.369 e. The number of carbonyl (C=O) groups is 1. The predicted molar refractivity (Wildman–Crippen MR) is 133 cm³/mol. The molecule has 1 heterocycles. The van der Waals surface area contributed by atoms with Crippen molar-refractivity contribution < 1.29 is 22.2 Å². The highest BCUT2D eigenvalue weighted by atomic mass is 32.2. The van der Waals surface area contributed by atoms with Crippen LogP contribution in [0.15, 0.2) is 82.6 Å². The van der Waals surface area contributed by atoms with E-state index in [4.69, 9.17) is 5.14 Å². The van der Waals surface area contributed by atoms with Gasteiger partial charge < -0.3 is 10.2 Å². The Hall–Kier alpha value is -2.86.